The zero-order chi connectivity index (χ0) is 22.9. The number of carbonyl (C=O) groups excluding carboxylic acids is 1. The summed E-state index contributed by atoms with van der Waals surface area (Å²) < 4.78 is 36.7. The summed E-state index contributed by atoms with van der Waals surface area (Å²) in [5.74, 6) is 0.821. The molecule has 1 atom stereocenters. The van der Waals surface area contributed by atoms with E-state index in [1.165, 1.54) is 13.1 Å². The standard InChI is InChI=1S/C22H29N3O5S/c1-5-15-30-21-11-7-18(8-12-21)16-23-24-22(26)17(3)25(31(4,27)28)19-9-13-20(14-10-19)29-6-2/h7-14,16-17H,5-6,15H2,1-4H3,(H,24,26)/b23-16-/t17-/m1/s1. The van der Waals surface area contributed by atoms with E-state index in [1.807, 2.05) is 38.1 Å². The van der Waals surface area contributed by atoms with Gasteiger partial charge in [0.05, 0.1) is 31.4 Å². The van der Waals surface area contributed by atoms with Crippen molar-refractivity contribution in [2.75, 3.05) is 23.8 Å². The van der Waals surface area contributed by atoms with Gasteiger partial charge < -0.3 is 9.47 Å². The molecular formula is C22H29N3O5S. The van der Waals surface area contributed by atoms with E-state index in [2.05, 4.69) is 10.5 Å². The largest absolute Gasteiger partial charge is 0.494 e. The van der Waals surface area contributed by atoms with E-state index in [4.69, 9.17) is 9.47 Å². The lowest BCUT2D eigenvalue weighted by atomic mass is 10.2. The maximum atomic E-state index is 12.6. The molecule has 1 N–H and O–H groups in total. The number of nitrogens with one attached hydrogen (secondary N) is 1. The highest BCUT2D eigenvalue weighted by Gasteiger charge is 2.29. The van der Waals surface area contributed by atoms with E-state index in [-0.39, 0.29) is 0 Å². The van der Waals surface area contributed by atoms with Crippen molar-refractivity contribution in [3.05, 3.63) is 54.1 Å². The van der Waals surface area contributed by atoms with Crippen molar-refractivity contribution >= 4 is 27.8 Å². The molecule has 0 fully saturated rings. The Hall–Kier alpha value is -3.07. The molecule has 0 heterocycles. The number of hydrogen-bond acceptors (Lipinski definition) is 6. The first kappa shape index (κ1) is 24.2. The lowest BCUT2D eigenvalue weighted by molar-refractivity contribution is -0.121. The van der Waals surface area contributed by atoms with E-state index >= 15 is 0 Å². The molecule has 0 unspecified atom stereocenters. The molecule has 0 spiro atoms. The smallest absolute Gasteiger partial charge is 0.263 e. The minimum atomic E-state index is -3.71. The predicted octanol–water partition coefficient (Wildman–Crippen LogP) is 3.18. The third-order valence-corrected chi connectivity index (χ3v) is 5.47. The molecular weight excluding hydrogens is 418 g/mol. The van der Waals surface area contributed by atoms with Crippen LogP contribution >= 0.6 is 0 Å². The number of nitrogens with zero attached hydrogens (tertiary/aromatic N) is 2. The highest BCUT2D eigenvalue weighted by Crippen LogP contribution is 2.24. The van der Waals surface area contributed by atoms with Crippen molar-refractivity contribution in [3.63, 3.8) is 0 Å². The average molecular weight is 448 g/mol. The molecule has 0 bridgehead atoms. The van der Waals surface area contributed by atoms with Crippen molar-refractivity contribution in [2.45, 2.75) is 33.2 Å². The molecule has 0 aromatic heterocycles. The van der Waals surface area contributed by atoms with E-state index in [0.29, 0.717) is 24.7 Å². The second-order valence-corrected chi connectivity index (χ2v) is 8.67. The Balaban J connectivity index is 2.06. The molecule has 168 valence electrons. The van der Waals surface area contributed by atoms with E-state index in [0.717, 1.165) is 28.3 Å². The van der Waals surface area contributed by atoms with E-state index in [9.17, 15) is 13.2 Å². The van der Waals surface area contributed by atoms with Gasteiger partial charge in [0, 0.05) is 0 Å². The summed E-state index contributed by atoms with van der Waals surface area (Å²) in [6.07, 6.45) is 3.46. The maximum Gasteiger partial charge on any atom is 0.263 e. The van der Waals surface area contributed by atoms with Crippen molar-refractivity contribution < 1.29 is 22.7 Å². The fourth-order valence-corrected chi connectivity index (χ4v) is 3.97. The van der Waals surface area contributed by atoms with Crippen molar-refractivity contribution in [3.8, 4) is 11.5 Å². The van der Waals surface area contributed by atoms with Crippen molar-refractivity contribution in [2.24, 2.45) is 5.10 Å². The number of rotatable bonds is 11. The monoisotopic (exact) mass is 447 g/mol. The van der Waals surface area contributed by atoms with Crippen LogP contribution in [0.2, 0.25) is 0 Å². The molecule has 0 aliphatic rings. The minimum Gasteiger partial charge on any atom is -0.494 e. The van der Waals surface area contributed by atoms with Gasteiger partial charge in [-0.05, 0) is 74.4 Å². The molecule has 0 aliphatic carbocycles. The Morgan fingerprint density at radius 2 is 1.65 bits per heavy atom. The van der Waals surface area contributed by atoms with Crippen LogP contribution in [0, 0.1) is 0 Å². The molecule has 8 nitrogen and oxygen atoms in total. The van der Waals surface area contributed by atoms with Crippen LogP contribution in [0.5, 0.6) is 11.5 Å². The van der Waals surface area contributed by atoms with Crippen LogP contribution < -0.4 is 19.2 Å². The minimum absolute atomic E-state index is 0.361. The molecule has 0 saturated heterocycles. The SMILES string of the molecule is CCCOc1ccc(/C=N\NC(=O)[C@@H](C)N(c2ccc(OCC)cc2)S(C)(=O)=O)cc1. The van der Waals surface area contributed by atoms with Crippen molar-refractivity contribution in [1.82, 2.24) is 5.43 Å². The van der Waals surface area contributed by atoms with Gasteiger partial charge in [0.25, 0.3) is 5.91 Å². The first-order valence-electron chi connectivity index (χ1n) is 10.0. The first-order chi connectivity index (χ1) is 14.8. The van der Waals surface area contributed by atoms with Crippen LogP contribution in [0.1, 0.15) is 32.8 Å². The summed E-state index contributed by atoms with van der Waals surface area (Å²) in [6, 6.07) is 12.8. The Labute approximate surface area is 183 Å². The summed E-state index contributed by atoms with van der Waals surface area (Å²) in [5, 5.41) is 3.94. The number of sulfonamides is 1. The van der Waals surface area contributed by atoms with Crippen LogP contribution in [0.25, 0.3) is 0 Å². The maximum absolute atomic E-state index is 12.6. The van der Waals surface area contributed by atoms with Crippen LogP contribution in [-0.4, -0.2) is 46.1 Å². The van der Waals surface area contributed by atoms with Gasteiger partial charge >= 0.3 is 0 Å². The third kappa shape index (κ3) is 7.29. The van der Waals surface area contributed by atoms with Crippen LogP contribution in [0.15, 0.2) is 53.6 Å². The van der Waals surface area contributed by atoms with Crippen LogP contribution in [0.4, 0.5) is 5.69 Å². The van der Waals surface area contributed by atoms with Gasteiger partial charge in [-0.15, -0.1) is 0 Å². The van der Waals surface area contributed by atoms with Gasteiger partial charge in [-0.2, -0.15) is 5.10 Å². The molecule has 2 aromatic rings. The second kappa shape index (κ2) is 11.4. The summed E-state index contributed by atoms with van der Waals surface area (Å²) >= 11 is 0. The Kier molecular flexibility index (Phi) is 8.87. The summed E-state index contributed by atoms with van der Waals surface area (Å²) in [7, 11) is -3.71. The number of carbonyl (C=O) groups is 1. The topological polar surface area (TPSA) is 97.3 Å². The van der Waals surface area contributed by atoms with Gasteiger partial charge in [0.15, 0.2) is 0 Å². The number of benzene rings is 2. The number of ether oxygens (including phenoxy) is 2. The summed E-state index contributed by atoms with van der Waals surface area (Å²) in [6.45, 7) is 6.54. The predicted molar refractivity (Wildman–Crippen MR) is 122 cm³/mol. The van der Waals surface area contributed by atoms with Crippen LogP contribution in [-0.2, 0) is 14.8 Å². The van der Waals surface area contributed by atoms with E-state index in [1.54, 1.807) is 24.3 Å². The van der Waals surface area contributed by atoms with Crippen LogP contribution in [0.3, 0.4) is 0 Å². The second-order valence-electron chi connectivity index (χ2n) is 6.81. The van der Waals surface area contributed by atoms with E-state index < -0.39 is 22.0 Å². The zero-order valence-electron chi connectivity index (χ0n) is 18.2. The summed E-state index contributed by atoms with van der Waals surface area (Å²) in [4.78, 5) is 12.6. The van der Waals surface area contributed by atoms with Gasteiger partial charge in [0.2, 0.25) is 10.0 Å². The van der Waals surface area contributed by atoms with Gasteiger partial charge in [-0.1, -0.05) is 6.92 Å². The molecule has 2 aromatic carbocycles. The quantitative estimate of drug-likeness (QED) is 0.421. The number of anilines is 1. The third-order valence-electron chi connectivity index (χ3n) is 4.23. The highest BCUT2D eigenvalue weighted by atomic mass is 32.2. The molecule has 1 amide bonds. The normalized spacial score (nSPS) is 12.4. The summed E-state index contributed by atoms with van der Waals surface area (Å²) in [5.41, 5.74) is 3.53. The fraction of sp³-hybridized carbons (Fsp3) is 0.364. The molecule has 2 rings (SSSR count). The highest BCUT2D eigenvalue weighted by molar-refractivity contribution is 7.92. The molecule has 9 heteroatoms. The molecule has 0 aliphatic heterocycles. The molecule has 0 saturated carbocycles. The number of hydrazone groups is 1. The fourth-order valence-electron chi connectivity index (χ4n) is 2.80. The molecule has 31 heavy (non-hydrogen) atoms. The Morgan fingerprint density at radius 1 is 1.06 bits per heavy atom. The average Bonchev–Trinajstić information content (AvgIpc) is 2.73. The van der Waals surface area contributed by atoms with Gasteiger partial charge in [-0.3, -0.25) is 9.10 Å². The molecule has 0 radical (unpaired) electrons. The lowest BCUT2D eigenvalue weighted by Crippen LogP contribution is -2.46. The Morgan fingerprint density at radius 3 is 2.19 bits per heavy atom. The lowest BCUT2D eigenvalue weighted by Gasteiger charge is -2.27. The van der Waals surface area contributed by atoms with Gasteiger partial charge in [0.1, 0.15) is 17.5 Å². The van der Waals surface area contributed by atoms with Crippen molar-refractivity contribution in [1.29, 1.82) is 0 Å². The Bertz CT molecular complexity index is 973. The first-order valence-corrected chi connectivity index (χ1v) is 11.9. The zero-order valence-corrected chi connectivity index (χ0v) is 19.1. The number of amides is 1. The number of hydrogen-bond donors (Lipinski definition) is 1. The van der Waals surface area contributed by atoms with Gasteiger partial charge in [-0.25, -0.2) is 13.8 Å².